The molecule has 0 amide bonds. The first-order chi connectivity index (χ1) is 35.9. The normalized spacial score (nSPS) is 12.9. The van der Waals surface area contributed by atoms with Crippen LogP contribution >= 0.6 is 0 Å². The first-order valence-corrected chi connectivity index (χ1v) is 30.0. The lowest BCUT2D eigenvalue weighted by atomic mass is 10.1. The molecule has 2 heterocycles. The summed E-state index contributed by atoms with van der Waals surface area (Å²) in [7, 11) is -44.8. The third-order valence-corrected chi connectivity index (χ3v) is 11.7. The maximum atomic E-state index is 14.1. The lowest BCUT2D eigenvalue weighted by Gasteiger charge is -2.16. The Labute approximate surface area is 439 Å². The van der Waals surface area contributed by atoms with Crippen LogP contribution in [0.5, 0.6) is 57.5 Å². The topological polar surface area (TPSA) is 588 Å². The third kappa shape index (κ3) is 17.3. The van der Waals surface area contributed by atoms with E-state index in [4.69, 9.17) is 27.4 Å². The highest BCUT2D eigenvalue weighted by Crippen LogP contribution is 2.43. The highest BCUT2D eigenvalue weighted by atomic mass is 32.3. The van der Waals surface area contributed by atoms with Gasteiger partial charge in [-0.15, -0.1) is 0 Å². The maximum absolute atomic E-state index is 14.1. The summed E-state index contributed by atoms with van der Waals surface area (Å²) in [4.78, 5) is 28.2. The van der Waals surface area contributed by atoms with E-state index >= 15 is 0 Å². The van der Waals surface area contributed by atoms with Crippen LogP contribution in [0.2, 0.25) is 0 Å². The van der Waals surface area contributed by atoms with Crippen LogP contribution in [0.4, 0.5) is 0 Å². The second kappa shape index (κ2) is 21.7. The number of rotatable bonds is 24. The van der Waals surface area contributed by atoms with Crippen molar-refractivity contribution in [1.29, 1.82) is 0 Å². The number of hydrogen-bond acceptors (Lipinski definition) is 30. The largest absolute Gasteiger partial charge is 0.492 e. The van der Waals surface area contributed by atoms with E-state index in [0.717, 1.165) is 0 Å². The fourth-order valence-electron chi connectivity index (χ4n) is 6.24. The molecule has 0 bridgehead atoms. The molecule has 46 heteroatoms. The van der Waals surface area contributed by atoms with Crippen LogP contribution in [0.25, 0.3) is 44.6 Å². The first-order valence-electron chi connectivity index (χ1n) is 19.1. The van der Waals surface area contributed by atoms with Gasteiger partial charge in [0.05, 0.1) is 13.2 Å². The zero-order valence-corrected chi connectivity index (χ0v) is 43.5. The number of benzene rings is 4. The van der Waals surface area contributed by atoms with Crippen molar-refractivity contribution in [2.24, 2.45) is 0 Å². The van der Waals surface area contributed by atoms with E-state index in [1.807, 2.05) is 0 Å². The average molecular weight is 1290 g/mol. The maximum Gasteiger partial charge on any atom is 0.446 e. The lowest BCUT2D eigenvalue weighted by Crippen LogP contribution is -2.17. The van der Waals surface area contributed by atoms with Crippen molar-refractivity contribution in [2.75, 3.05) is 13.2 Å². The molecular formula is C33H24O38S8. The van der Waals surface area contributed by atoms with Crippen molar-refractivity contribution < 1.29 is 156 Å². The van der Waals surface area contributed by atoms with E-state index in [-0.39, 0.29) is 0 Å². The van der Waals surface area contributed by atoms with Crippen LogP contribution in [0.3, 0.4) is 0 Å². The van der Waals surface area contributed by atoms with Gasteiger partial charge in [-0.2, -0.15) is 67.3 Å². The average Bonchev–Trinajstić information content (AvgIpc) is 3.23. The van der Waals surface area contributed by atoms with E-state index in [1.54, 1.807) is 0 Å². The fraction of sp³-hybridized carbons (Fsp3) is 0.0909. The van der Waals surface area contributed by atoms with E-state index in [0.29, 0.717) is 60.7 Å². The molecular weight excluding hydrogens is 1260 g/mol. The Bertz CT molecular complexity index is 4260. The van der Waals surface area contributed by atoms with Gasteiger partial charge in [0.25, 0.3) is 0 Å². The molecule has 0 unspecified atom stereocenters. The van der Waals surface area contributed by atoms with Crippen LogP contribution in [0.1, 0.15) is 6.42 Å². The molecule has 38 nitrogen and oxygen atoms in total. The predicted octanol–water partition coefficient (Wildman–Crippen LogP) is 0.534. The first kappa shape index (κ1) is 60.8. The van der Waals surface area contributed by atoms with E-state index in [9.17, 15) is 104 Å². The molecule has 0 saturated heterocycles. The predicted molar refractivity (Wildman–Crippen MR) is 249 cm³/mol. The Balaban J connectivity index is 1.45. The quantitative estimate of drug-likeness (QED) is 0.0303. The van der Waals surface area contributed by atoms with Gasteiger partial charge < -0.3 is 51.8 Å². The van der Waals surface area contributed by atoms with Gasteiger partial charge >= 0.3 is 83.2 Å². The Hall–Kier alpha value is -7.42. The van der Waals surface area contributed by atoms with Crippen LogP contribution in [-0.2, 0) is 83.2 Å². The van der Waals surface area contributed by atoms with Gasteiger partial charge in [-0.3, -0.25) is 46.0 Å². The molecule has 0 aliphatic rings. The molecule has 6 aromatic rings. The summed E-state index contributed by atoms with van der Waals surface area (Å²) < 4.78 is 318. The standard InChI is InChI=1S/C33H24O38S8/c34-28-26-22(10-16(64-72(36,37)38)12-24(26)62-30(32(28)70-78(54,55)56)14-2-4-18(66-74(42,43)44)20(8-14)68-76(48,49)50)60-6-1-7-61-23-11-17(65-73(39,40)41)13-25-27(23)29(35)33(71-79(57,58)59)31(63-25)15-3-5-19(67-75(45,46)47)21(9-15)69-77(51,52)53/h2-5,8-13H,1,6-7H2,(H,36,37,38)(H,39,40,41)(H,42,43,44)(H,45,46,47)(H,48,49,50)(H,51,52,53)(H,54,55,56)(H,57,58,59). The van der Waals surface area contributed by atoms with Crippen LogP contribution in [-0.4, -0.2) is 117 Å². The molecule has 0 radical (unpaired) electrons. The lowest BCUT2D eigenvalue weighted by molar-refractivity contribution is 0.249. The molecule has 0 aliphatic carbocycles. The minimum absolute atomic E-state index is 0.345. The van der Waals surface area contributed by atoms with Gasteiger partial charge in [0.1, 0.15) is 33.4 Å². The van der Waals surface area contributed by atoms with Crippen molar-refractivity contribution in [2.45, 2.75) is 6.42 Å². The highest BCUT2D eigenvalue weighted by Gasteiger charge is 2.31. The summed E-state index contributed by atoms with van der Waals surface area (Å²) in [5.74, 6) is -14.4. The summed E-state index contributed by atoms with van der Waals surface area (Å²) in [5, 5.41) is -1.94. The van der Waals surface area contributed by atoms with Crippen molar-refractivity contribution in [1.82, 2.24) is 0 Å². The Morgan fingerprint density at radius 2 is 0.633 bits per heavy atom. The number of hydrogen-bond donors (Lipinski definition) is 8. The summed E-state index contributed by atoms with van der Waals surface area (Å²) >= 11 is 0. The molecule has 6 rings (SSSR count). The van der Waals surface area contributed by atoms with Crippen LogP contribution in [0, 0.1) is 0 Å². The molecule has 4 aromatic carbocycles. The summed E-state index contributed by atoms with van der Waals surface area (Å²) in [6.07, 6.45) is -0.561. The monoisotopic (exact) mass is 1280 g/mol. The second-order valence-corrected chi connectivity index (χ2v) is 22.4. The minimum atomic E-state index is -5.80. The number of fused-ring (bicyclic) bond motifs is 2. The van der Waals surface area contributed by atoms with Gasteiger partial charge in [-0.1, -0.05) is 0 Å². The smallest absolute Gasteiger partial charge is 0.446 e. The molecule has 79 heavy (non-hydrogen) atoms. The Morgan fingerprint density at radius 1 is 0.342 bits per heavy atom. The molecule has 0 saturated carbocycles. The van der Waals surface area contributed by atoms with E-state index < -0.39 is 216 Å². The second-order valence-electron chi connectivity index (χ2n) is 14.2. The van der Waals surface area contributed by atoms with Crippen LogP contribution in [0.15, 0.2) is 79.1 Å². The number of ether oxygens (including phenoxy) is 2. The SMILES string of the molecule is O=c1c(OS(=O)(=O)O)c(-c2ccc(OS(=O)(=O)O)c(OS(=O)(=O)O)c2)oc2cc(OS(=O)(=O)O)cc(OCCCOc3cc(OS(=O)(=O)O)cc4oc(-c5ccc(OS(=O)(=O)O)c(OS(=O)(=O)O)c5)c(OS(=O)(=O)O)c(=O)c34)c12. The Kier molecular flexibility index (Phi) is 16.7. The van der Waals surface area contributed by atoms with Crippen molar-refractivity contribution in [3.05, 3.63) is 81.1 Å². The van der Waals surface area contributed by atoms with Crippen molar-refractivity contribution >= 4 is 105 Å². The van der Waals surface area contributed by atoms with Crippen LogP contribution < -0.4 is 53.8 Å². The molecule has 0 fully saturated rings. The third-order valence-electron chi connectivity index (χ3n) is 8.56. The van der Waals surface area contributed by atoms with Gasteiger partial charge in [-0.05, 0) is 36.4 Å². The van der Waals surface area contributed by atoms with Gasteiger partial charge in [0.2, 0.25) is 22.4 Å². The fourth-order valence-corrected chi connectivity index (χ4v) is 9.09. The Morgan fingerprint density at radius 3 is 0.924 bits per heavy atom. The van der Waals surface area contributed by atoms with E-state index in [1.165, 1.54) is 0 Å². The minimum Gasteiger partial charge on any atom is -0.492 e. The molecule has 0 atom stereocenters. The molecule has 2 aromatic heterocycles. The molecule has 0 spiro atoms. The summed E-state index contributed by atoms with van der Waals surface area (Å²) in [6, 6.07) is 4.92. The van der Waals surface area contributed by atoms with Crippen molar-refractivity contribution in [3.63, 3.8) is 0 Å². The van der Waals surface area contributed by atoms with Crippen molar-refractivity contribution in [3.8, 4) is 80.1 Å². The highest BCUT2D eigenvalue weighted by molar-refractivity contribution is 7.83. The zero-order chi connectivity index (χ0) is 59.2. The zero-order valence-electron chi connectivity index (χ0n) is 37.0. The van der Waals surface area contributed by atoms with Gasteiger partial charge in [0.15, 0.2) is 46.0 Å². The molecule has 8 N–H and O–H groups in total. The van der Waals surface area contributed by atoms with Gasteiger partial charge in [0, 0.05) is 41.8 Å². The molecule has 0 aliphatic heterocycles. The summed E-state index contributed by atoms with van der Waals surface area (Å²) in [6.45, 7) is -1.63. The molecule has 432 valence electrons. The van der Waals surface area contributed by atoms with Gasteiger partial charge in [-0.25, -0.2) is 0 Å². The van der Waals surface area contributed by atoms with E-state index in [2.05, 4.69) is 33.5 Å². The summed E-state index contributed by atoms with van der Waals surface area (Å²) in [5.41, 5.74) is -6.88.